The molecular formula is C12H26O2. The summed E-state index contributed by atoms with van der Waals surface area (Å²) in [5.74, 6) is 0.577. The van der Waals surface area contributed by atoms with Gasteiger partial charge in [0.15, 0.2) is 0 Å². The summed E-state index contributed by atoms with van der Waals surface area (Å²) in [7, 11) is 0. The van der Waals surface area contributed by atoms with E-state index < -0.39 is 0 Å². The van der Waals surface area contributed by atoms with Crippen molar-refractivity contribution in [1.29, 1.82) is 0 Å². The van der Waals surface area contributed by atoms with Crippen molar-refractivity contribution in [2.45, 2.75) is 59.7 Å². The maximum absolute atomic E-state index is 5.69. The van der Waals surface area contributed by atoms with Gasteiger partial charge in [-0.05, 0) is 47.0 Å². The van der Waals surface area contributed by atoms with Crippen LogP contribution in [0.15, 0.2) is 0 Å². The quantitative estimate of drug-likeness (QED) is 0.658. The van der Waals surface area contributed by atoms with Crippen molar-refractivity contribution in [3.63, 3.8) is 0 Å². The Balaban J connectivity index is 3.42. The van der Waals surface area contributed by atoms with E-state index in [0.29, 0.717) is 12.0 Å². The van der Waals surface area contributed by atoms with Crippen LogP contribution >= 0.6 is 0 Å². The summed E-state index contributed by atoms with van der Waals surface area (Å²) < 4.78 is 11.2. The summed E-state index contributed by atoms with van der Waals surface area (Å²) in [6.45, 7) is 14.3. The molecule has 86 valence electrons. The fourth-order valence-corrected chi connectivity index (χ4v) is 0.981. The van der Waals surface area contributed by atoms with Gasteiger partial charge in [0.2, 0.25) is 0 Å². The second-order valence-electron chi connectivity index (χ2n) is 5.24. The summed E-state index contributed by atoms with van der Waals surface area (Å²) in [6, 6.07) is 0. The Morgan fingerprint density at radius 1 is 1.07 bits per heavy atom. The summed E-state index contributed by atoms with van der Waals surface area (Å²) in [5, 5.41) is 0. The minimum atomic E-state index is -0.0207. The lowest BCUT2D eigenvalue weighted by Gasteiger charge is -2.22. The number of ether oxygens (including phenoxy) is 2. The number of hydrogen-bond donors (Lipinski definition) is 0. The van der Waals surface area contributed by atoms with Crippen LogP contribution in [0.4, 0.5) is 0 Å². The van der Waals surface area contributed by atoms with Gasteiger partial charge >= 0.3 is 0 Å². The first-order chi connectivity index (χ1) is 6.31. The van der Waals surface area contributed by atoms with Crippen LogP contribution in [0, 0.1) is 5.92 Å². The highest BCUT2D eigenvalue weighted by molar-refractivity contribution is 4.61. The molecule has 0 fully saturated rings. The summed E-state index contributed by atoms with van der Waals surface area (Å²) >= 11 is 0. The fraction of sp³-hybridized carbons (Fsp3) is 1.00. The van der Waals surface area contributed by atoms with E-state index in [0.717, 1.165) is 19.6 Å². The van der Waals surface area contributed by atoms with Gasteiger partial charge in [0.25, 0.3) is 0 Å². The summed E-state index contributed by atoms with van der Waals surface area (Å²) in [5.41, 5.74) is -0.0207. The molecule has 2 heteroatoms. The van der Waals surface area contributed by atoms with Crippen LogP contribution in [0.5, 0.6) is 0 Å². The monoisotopic (exact) mass is 202 g/mol. The van der Waals surface area contributed by atoms with E-state index in [2.05, 4.69) is 41.5 Å². The predicted molar refractivity (Wildman–Crippen MR) is 60.6 cm³/mol. The molecule has 0 unspecified atom stereocenters. The van der Waals surface area contributed by atoms with Crippen LogP contribution in [0.1, 0.15) is 48.0 Å². The Hall–Kier alpha value is -0.0800. The minimum absolute atomic E-state index is 0.0207. The molecule has 0 saturated carbocycles. The third-order valence-electron chi connectivity index (χ3n) is 1.86. The molecule has 0 N–H and O–H groups in total. The molecule has 0 aliphatic rings. The Kier molecular flexibility index (Phi) is 6.38. The van der Waals surface area contributed by atoms with Crippen LogP contribution in [0.2, 0.25) is 0 Å². The molecule has 14 heavy (non-hydrogen) atoms. The van der Waals surface area contributed by atoms with Gasteiger partial charge < -0.3 is 9.47 Å². The molecule has 0 aliphatic heterocycles. The van der Waals surface area contributed by atoms with Crippen LogP contribution in [0.3, 0.4) is 0 Å². The van der Waals surface area contributed by atoms with Crippen molar-refractivity contribution in [3.8, 4) is 0 Å². The van der Waals surface area contributed by atoms with Crippen molar-refractivity contribution in [3.05, 3.63) is 0 Å². The second kappa shape index (κ2) is 6.41. The summed E-state index contributed by atoms with van der Waals surface area (Å²) in [6.07, 6.45) is 1.42. The van der Waals surface area contributed by atoms with E-state index in [1.54, 1.807) is 0 Å². The average Bonchev–Trinajstić information content (AvgIpc) is 1.99. The molecule has 0 rings (SSSR count). The van der Waals surface area contributed by atoms with Gasteiger partial charge in [0.1, 0.15) is 0 Å². The lowest BCUT2D eigenvalue weighted by molar-refractivity contribution is -0.0269. The highest BCUT2D eigenvalue weighted by atomic mass is 16.5. The average molecular weight is 202 g/mol. The van der Waals surface area contributed by atoms with Crippen molar-refractivity contribution in [1.82, 2.24) is 0 Å². The molecule has 0 aliphatic carbocycles. The fourth-order valence-electron chi connectivity index (χ4n) is 0.981. The summed E-state index contributed by atoms with van der Waals surface area (Å²) in [4.78, 5) is 0. The predicted octanol–water partition coefficient (Wildman–Crippen LogP) is 3.25. The van der Waals surface area contributed by atoms with Gasteiger partial charge in [-0.3, -0.25) is 0 Å². The molecule has 0 radical (unpaired) electrons. The third kappa shape index (κ3) is 10.0. The van der Waals surface area contributed by atoms with Crippen molar-refractivity contribution in [2.75, 3.05) is 13.2 Å². The Bertz CT molecular complexity index is 136. The van der Waals surface area contributed by atoms with Crippen LogP contribution < -0.4 is 0 Å². The van der Waals surface area contributed by atoms with Crippen molar-refractivity contribution in [2.24, 2.45) is 5.92 Å². The highest BCUT2D eigenvalue weighted by Gasteiger charge is 2.12. The van der Waals surface area contributed by atoms with Gasteiger partial charge in [-0.25, -0.2) is 0 Å². The highest BCUT2D eigenvalue weighted by Crippen LogP contribution is 2.11. The first kappa shape index (κ1) is 13.9. The van der Waals surface area contributed by atoms with Crippen molar-refractivity contribution < 1.29 is 9.47 Å². The molecule has 0 heterocycles. The molecule has 0 bridgehead atoms. The van der Waals surface area contributed by atoms with Gasteiger partial charge in [-0.2, -0.15) is 0 Å². The Morgan fingerprint density at radius 2 is 1.64 bits per heavy atom. The maximum Gasteiger partial charge on any atom is 0.0598 e. The van der Waals surface area contributed by atoms with Crippen LogP contribution in [-0.2, 0) is 9.47 Å². The zero-order valence-electron chi connectivity index (χ0n) is 10.6. The van der Waals surface area contributed by atoms with E-state index in [9.17, 15) is 0 Å². The smallest absolute Gasteiger partial charge is 0.0598 e. The molecule has 0 aromatic carbocycles. The van der Waals surface area contributed by atoms with E-state index in [4.69, 9.17) is 9.47 Å². The van der Waals surface area contributed by atoms with Gasteiger partial charge in [0.05, 0.1) is 11.7 Å². The zero-order chi connectivity index (χ0) is 11.2. The van der Waals surface area contributed by atoms with E-state index in [1.807, 2.05) is 0 Å². The largest absolute Gasteiger partial charge is 0.379 e. The van der Waals surface area contributed by atoms with Gasteiger partial charge in [-0.1, -0.05) is 6.92 Å². The Labute approximate surface area is 89.0 Å². The molecule has 2 nitrogen and oxygen atoms in total. The van der Waals surface area contributed by atoms with Gasteiger partial charge in [0, 0.05) is 13.2 Å². The normalized spacial score (nSPS) is 14.8. The SMILES string of the molecule is CC(C)OCC[C@H](C)COC(C)(C)C. The first-order valence-electron chi connectivity index (χ1n) is 5.57. The third-order valence-corrected chi connectivity index (χ3v) is 1.86. The van der Waals surface area contributed by atoms with Gasteiger partial charge in [-0.15, -0.1) is 0 Å². The van der Waals surface area contributed by atoms with Crippen LogP contribution in [0.25, 0.3) is 0 Å². The topological polar surface area (TPSA) is 18.5 Å². The minimum Gasteiger partial charge on any atom is -0.379 e. The lowest BCUT2D eigenvalue weighted by atomic mass is 10.1. The van der Waals surface area contributed by atoms with E-state index >= 15 is 0 Å². The molecule has 0 amide bonds. The first-order valence-corrected chi connectivity index (χ1v) is 5.57. The Morgan fingerprint density at radius 3 is 2.07 bits per heavy atom. The molecule has 1 atom stereocenters. The maximum atomic E-state index is 5.69. The molecule has 0 saturated heterocycles. The van der Waals surface area contributed by atoms with Crippen molar-refractivity contribution >= 4 is 0 Å². The standard InChI is InChI=1S/C12H26O2/c1-10(2)13-8-7-11(3)9-14-12(4,5)6/h10-11H,7-9H2,1-6H3/t11-/m0/s1. The van der Waals surface area contributed by atoms with E-state index in [1.165, 1.54) is 0 Å². The number of hydrogen-bond acceptors (Lipinski definition) is 2. The lowest BCUT2D eigenvalue weighted by Crippen LogP contribution is -2.23. The number of rotatable bonds is 6. The van der Waals surface area contributed by atoms with Crippen LogP contribution in [-0.4, -0.2) is 24.9 Å². The molecule has 0 aromatic rings. The molecule has 0 spiro atoms. The molecule has 0 aromatic heterocycles. The molecular weight excluding hydrogens is 176 g/mol. The zero-order valence-corrected chi connectivity index (χ0v) is 10.6. The second-order valence-corrected chi connectivity index (χ2v) is 5.24. The van der Waals surface area contributed by atoms with E-state index in [-0.39, 0.29) is 5.60 Å².